The molecule has 0 spiro atoms. The van der Waals surface area contributed by atoms with Gasteiger partial charge in [0.05, 0.1) is 18.5 Å². The first kappa shape index (κ1) is 12.3. The standard InChI is InChI=1S/C9H16N6O/c1-15-6-7(3-13-15)9(16)5-12-4-8(2-10)14-11/h3-4,6,9,16H,2,5,10-11H2,1H3/b12-4?,14-8-. The summed E-state index contributed by atoms with van der Waals surface area (Å²) in [6.45, 7) is 0.452. The van der Waals surface area contributed by atoms with Crippen molar-refractivity contribution in [3.8, 4) is 0 Å². The Labute approximate surface area is 93.5 Å². The number of nitrogens with zero attached hydrogens (tertiary/aromatic N) is 4. The van der Waals surface area contributed by atoms with E-state index in [0.29, 0.717) is 5.71 Å². The molecule has 0 fully saturated rings. The van der Waals surface area contributed by atoms with E-state index < -0.39 is 6.10 Å². The van der Waals surface area contributed by atoms with E-state index in [1.807, 2.05) is 0 Å². The molecule has 1 aromatic heterocycles. The van der Waals surface area contributed by atoms with Crippen molar-refractivity contribution in [1.29, 1.82) is 0 Å². The lowest BCUT2D eigenvalue weighted by Crippen LogP contribution is -2.17. The summed E-state index contributed by atoms with van der Waals surface area (Å²) < 4.78 is 1.62. The highest BCUT2D eigenvalue weighted by atomic mass is 16.3. The number of aliphatic hydroxyl groups is 1. The van der Waals surface area contributed by atoms with Crippen LogP contribution in [-0.2, 0) is 7.05 Å². The minimum Gasteiger partial charge on any atom is -0.386 e. The van der Waals surface area contributed by atoms with Crippen LogP contribution >= 0.6 is 0 Å². The van der Waals surface area contributed by atoms with Crippen LogP contribution in [0, 0.1) is 0 Å². The quantitative estimate of drug-likeness (QED) is 0.331. The van der Waals surface area contributed by atoms with Gasteiger partial charge in [0.2, 0.25) is 0 Å². The molecule has 1 heterocycles. The molecule has 7 nitrogen and oxygen atoms in total. The van der Waals surface area contributed by atoms with E-state index in [1.54, 1.807) is 24.1 Å². The lowest BCUT2D eigenvalue weighted by atomic mass is 10.2. The van der Waals surface area contributed by atoms with Gasteiger partial charge in [-0.25, -0.2) is 0 Å². The summed E-state index contributed by atoms with van der Waals surface area (Å²) in [4.78, 5) is 4.00. The molecule has 0 bridgehead atoms. The molecule has 1 aromatic rings. The van der Waals surface area contributed by atoms with Gasteiger partial charge in [-0.3, -0.25) is 9.67 Å². The van der Waals surface area contributed by atoms with Gasteiger partial charge in [0.15, 0.2) is 0 Å². The first-order valence-electron chi connectivity index (χ1n) is 4.80. The van der Waals surface area contributed by atoms with Crippen LogP contribution in [0.15, 0.2) is 22.5 Å². The number of hydrogen-bond donors (Lipinski definition) is 3. The molecule has 0 aromatic carbocycles. The number of aliphatic hydroxyl groups excluding tert-OH is 1. The third-order valence-corrected chi connectivity index (χ3v) is 2.00. The van der Waals surface area contributed by atoms with Gasteiger partial charge < -0.3 is 16.7 Å². The second-order valence-electron chi connectivity index (χ2n) is 3.28. The summed E-state index contributed by atoms with van der Waals surface area (Å²) in [5, 5.41) is 17.1. The van der Waals surface area contributed by atoms with Crippen LogP contribution in [0.3, 0.4) is 0 Å². The molecule has 0 saturated heterocycles. The van der Waals surface area contributed by atoms with Crippen molar-refractivity contribution in [3.05, 3.63) is 18.0 Å². The Morgan fingerprint density at radius 1 is 1.75 bits per heavy atom. The highest BCUT2D eigenvalue weighted by Crippen LogP contribution is 2.10. The first-order valence-corrected chi connectivity index (χ1v) is 4.80. The maximum absolute atomic E-state index is 9.72. The largest absolute Gasteiger partial charge is 0.386 e. The maximum atomic E-state index is 9.72. The number of aliphatic imine (C=N–C) groups is 1. The number of nitrogens with two attached hydrogens (primary N) is 2. The molecule has 0 aliphatic carbocycles. The molecular weight excluding hydrogens is 208 g/mol. The van der Waals surface area contributed by atoms with E-state index in [-0.39, 0.29) is 13.1 Å². The highest BCUT2D eigenvalue weighted by Gasteiger charge is 2.07. The van der Waals surface area contributed by atoms with Crippen LogP contribution in [0.1, 0.15) is 11.7 Å². The van der Waals surface area contributed by atoms with Crippen molar-refractivity contribution < 1.29 is 5.11 Å². The molecule has 7 heteroatoms. The Bertz CT molecular complexity index is 383. The number of hydrogen-bond acceptors (Lipinski definition) is 6. The molecule has 0 aliphatic heterocycles. The molecular formula is C9H16N6O. The van der Waals surface area contributed by atoms with E-state index in [9.17, 15) is 5.11 Å². The Morgan fingerprint density at radius 3 is 3.00 bits per heavy atom. The van der Waals surface area contributed by atoms with Gasteiger partial charge >= 0.3 is 0 Å². The number of aromatic nitrogens is 2. The lowest BCUT2D eigenvalue weighted by Gasteiger charge is -2.03. The first-order chi connectivity index (χ1) is 7.67. The highest BCUT2D eigenvalue weighted by molar-refractivity contribution is 6.31. The molecule has 5 N–H and O–H groups in total. The molecule has 16 heavy (non-hydrogen) atoms. The second kappa shape index (κ2) is 5.99. The minimum atomic E-state index is -0.679. The predicted octanol–water partition coefficient (Wildman–Crippen LogP) is -1.20. The van der Waals surface area contributed by atoms with Gasteiger partial charge in [-0.15, -0.1) is 0 Å². The Hall–Kier alpha value is -1.73. The van der Waals surface area contributed by atoms with Crippen molar-refractivity contribution in [1.82, 2.24) is 9.78 Å². The fourth-order valence-corrected chi connectivity index (χ4v) is 1.11. The normalized spacial score (nSPS) is 14.6. The van der Waals surface area contributed by atoms with Gasteiger partial charge in [-0.1, -0.05) is 0 Å². The van der Waals surface area contributed by atoms with E-state index >= 15 is 0 Å². The zero-order valence-electron chi connectivity index (χ0n) is 9.11. The minimum absolute atomic E-state index is 0.225. The average molecular weight is 224 g/mol. The zero-order valence-corrected chi connectivity index (χ0v) is 9.11. The maximum Gasteiger partial charge on any atom is 0.101 e. The van der Waals surface area contributed by atoms with Crippen molar-refractivity contribution >= 4 is 11.9 Å². The molecule has 1 atom stereocenters. The van der Waals surface area contributed by atoms with Crippen molar-refractivity contribution in [2.45, 2.75) is 6.10 Å². The van der Waals surface area contributed by atoms with Gasteiger partial charge in [0.25, 0.3) is 0 Å². The third-order valence-electron chi connectivity index (χ3n) is 2.00. The molecule has 0 amide bonds. The van der Waals surface area contributed by atoms with Gasteiger partial charge in [-0.2, -0.15) is 10.2 Å². The zero-order chi connectivity index (χ0) is 12.0. The topological polar surface area (TPSA) is 115 Å². The predicted molar refractivity (Wildman–Crippen MR) is 62.2 cm³/mol. The lowest BCUT2D eigenvalue weighted by molar-refractivity contribution is 0.187. The SMILES string of the molecule is Cn1cc(C(O)CN=C/C(CN)=N\N)cn1. The molecule has 0 aliphatic rings. The van der Waals surface area contributed by atoms with Crippen LogP contribution in [0.4, 0.5) is 0 Å². The summed E-state index contributed by atoms with van der Waals surface area (Å²) in [7, 11) is 1.78. The molecule has 1 rings (SSSR count). The fourth-order valence-electron chi connectivity index (χ4n) is 1.11. The second-order valence-corrected chi connectivity index (χ2v) is 3.28. The Morgan fingerprint density at radius 2 is 2.50 bits per heavy atom. The van der Waals surface area contributed by atoms with E-state index in [1.165, 1.54) is 6.21 Å². The number of aryl methyl sites for hydroxylation is 1. The van der Waals surface area contributed by atoms with Gasteiger partial charge in [0.1, 0.15) is 6.10 Å². The van der Waals surface area contributed by atoms with Crippen molar-refractivity contribution in [3.63, 3.8) is 0 Å². The van der Waals surface area contributed by atoms with Crippen LogP contribution in [0.2, 0.25) is 0 Å². The van der Waals surface area contributed by atoms with Crippen LogP contribution < -0.4 is 11.6 Å². The van der Waals surface area contributed by atoms with Crippen molar-refractivity contribution in [2.75, 3.05) is 13.1 Å². The Kier molecular flexibility index (Phi) is 4.62. The summed E-state index contributed by atoms with van der Waals surface area (Å²) >= 11 is 0. The van der Waals surface area contributed by atoms with E-state index in [4.69, 9.17) is 11.6 Å². The summed E-state index contributed by atoms with van der Waals surface area (Å²) in [6.07, 6.45) is 4.11. The van der Waals surface area contributed by atoms with Gasteiger partial charge in [0, 0.05) is 31.6 Å². The summed E-state index contributed by atoms with van der Waals surface area (Å²) in [5.74, 6) is 5.06. The molecule has 0 saturated carbocycles. The summed E-state index contributed by atoms with van der Waals surface area (Å²) in [5.41, 5.74) is 6.54. The molecule has 88 valence electrons. The molecule has 1 unspecified atom stereocenters. The van der Waals surface area contributed by atoms with Gasteiger partial charge in [-0.05, 0) is 0 Å². The number of hydrazone groups is 1. The fraction of sp³-hybridized carbons (Fsp3) is 0.444. The third kappa shape index (κ3) is 3.44. The van der Waals surface area contributed by atoms with Crippen LogP contribution in [0.25, 0.3) is 0 Å². The van der Waals surface area contributed by atoms with E-state index in [2.05, 4.69) is 15.2 Å². The smallest absolute Gasteiger partial charge is 0.101 e. The van der Waals surface area contributed by atoms with Crippen LogP contribution in [-0.4, -0.2) is 39.9 Å². The number of rotatable bonds is 5. The molecule has 0 radical (unpaired) electrons. The summed E-state index contributed by atoms with van der Waals surface area (Å²) in [6, 6.07) is 0. The monoisotopic (exact) mass is 224 g/mol. The van der Waals surface area contributed by atoms with Crippen molar-refractivity contribution in [2.24, 2.45) is 28.7 Å². The van der Waals surface area contributed by atoms with Crippen LogP contribution in [0.5, 0.6) is 0 Å². The van der Waals surface area contributed by atoms with E-state index in [0.717, 1.165) is 5.56 Å². The Balaban J connectivity index is 2.50. The average Bonchev–Trinajstić information content (AvgIpc) is 2.71.